The van der Waals surface area contributed by atoms with Gasteiger partial charge in [0.05, 0.1) is 0 Å². The van der Waals surface area contributed by atoms with Gasteiger partial charge in [-0.3, -0.25) is 0 Å². The van der Waals surface area contributed by atoms with Gasteiger partial charge in [0, 0.05) is 12.2 Å². The molecule has 1 aromatic carbocycles. The zero-order valence-electron chi connectivity index (χ0n) is 11.4. The van der Waals surface area contributed by atoms with Gasteiger partial charge in [-0.1, -0.05) is 26.2 Å². The van der Waals surface area contributed by atoms with E-state index in [1.807, 2.05) is 18.2 Å². The summed E-state index contributed by atoms with van der Waals surface area (Å²) in [5.41, 5.74) is 8.43. The number of rotatable bonds is 3. The second-order valence-electron chi connectivity index (χ2n) is 5.97. The lowest BCUT2D eigenvalue weighted by Gasteiger charge is -2.33. The second kappa shape index (κ2) is 4.76. The van der Waals surface area contributed by atoms with Crippen LogP contribution < -0.4 is 11.1 Å². The standard InChI is InChI=1S/C15H21N3O/c1-15(7-3-2-4-8-15)10-17-14-18-12-9-11(16)5-6-13(12)19-14/h5-6,9H,2-4,7-8,10,16H2,1H3,(H,17,18). The predicted octanol–water partition coefficient (Wildman–Crippen LogP) is 3.79. The zero-order chi connectivity index (χ0) is 13.3. The van der Waals surface area contributed by atoms with E-state index in [0.29, 0.717) is 17.1 Å². The molecule has 1 aliphatic rings. The summed E-state index contributed by atoms with van der Waals surface area (Å²) >= 11 is 0. The van der Waals surface area contributed by atoms with Gasteiger partial charge in [-0.2, -0.15) is 4.98 Å². The van der Waals surface area contributed by atoms with E-state index in [2.05, 4.69) is 17.2 Å². The molecular formula is C15H21N3O. The van der Waals surface area contributed by atoms with Crippen molar-refractivity contribution in [2.24, 2.45) is 5.41 Å². The Bertz CT molecular complexity index is 570. The highest BCUT2D eigenvalue weighted by molar-refractivity contribution is 5.78. The molecule has 2 aromatic rings. The van der Waals surface area contributed by atoms with E-state index in [4.69, 9.17) is 10.2 Å². The van der Waals surface area contributed by atoms with Crippen LogP contribution >= 0.6 is 0 Å². The molecule has 0 bridgehead atoms. The minimum Gasteiger partial charge on any atom is -0.424 e. The number of nitrogens with two attached hydrogens (primary N) is 1. The van der Waals surface area contributed by atoms with Crippen LogP contribution in [0, 0.1) is 5.41 Å². The third-order valence-corrected chi connectivity index (χ3v) is 4.14. The van der Waals surface area contributed by atoms with E-state index in [-0.39, 0.29) is 0 Å². The summed E-state index contributed by atoms with van der Waals surface area (Å²) in [6.07, 6.45) is 6.61. The monoisotopic (exact) mass is 259 g/mol. The van der Waals surface area contributed by atoms with Crippen LogP contribution in [0.2, 0.25) is 0 Å². The van der Waals surface area contributed by atoms with Crippen LogP contribution in [0.1, 0.15) is 39.0 Å². The first kappa shape index (κ1) is 12.3. The number of aromatic nitrogens is 1. The first-order chi connectivity index (χ1) is 9.15. The topological polar surface area (TPSA) is 64.1 Å². The van der Waals surface area contributed by atoms with Crippen molar-refractivity contribution in [3.05, 3.63) is 18.2 Å². The van der Waals surface area contributed by atoms with Crippen LogP contribution in [-0.2, 0) is 0 Å². The van der Waals surface area contributed by atoms with E-state index in [1.54, 1.807) is 0 Å². The lowest BCUT2D eigenvalue weighted by atomic mass is 9.76. The highest BCUT2D eigenvalue weighted by atomic mass is 16.4. The molecule has 1 saturated carbocycles. The van der Waals surface area contributed by atoms with Crippen LogP contribution in [0.25, 0.3) is 11.1 Å². The van der Waals surface area contributed by atoms with Crippen molar-refractivity contribution < 1.29 is 4.42 Å². The predicted molar refractivity (Wildman–Crippen MR) is 78.1 cm³/mol. The van der Waals surface area contributed by atoms with Gasteiger partial charge in [0.1, 0.15) is 5.52 Å². The van der Waals surface area contributed by atoms with Gasteiger partial charge in [-0.05, 0) is 36.5 Å². The molecule has 3 N–H and O–H groups in total. The number of nitrogens with zero attached hydrogens (tertiary/aromatic N) is 1. The minimum absolute atomic E-state index is 0.373. The van der Waals surface area contributed by atoms with Crippen LogP contribution in [0.4, 0.5) is 11.7 Å². The normalized spacial score (nSPS) is 18.6. The summed E-state index contributed by atoms with van der Waals surface area (Å²) < 4.78 is 5.68. The minimum atomic E-state index is 0.373. The van der Waals surface area contributed by atoms with Crippen LogP contribution in [0.15, 0.2) is 22.6 Å². The quantitative estimate of drug-likeness (QED) is 0.823. The number of nitrogens with one attached hydrogen (secondary N) is 1. The fourth-order valence-electron chi connectivity index (χ4n) is 2.89. The number of fused-ring (bicyclic) bond motifs is 1. The van der Waals surface area contributed by atoms with E-state index in [0.717, 1.165) is 17.6 Å². The van der Waals surface area contributed by atoms with Gasteiger partial charge in [0.25, 0.3) is 6.01 Å². The Kier molecular flexibility index (Phi) is 3.09. The number of hydrogen-bond acceptors (Lipinski definition) is 4. The number of oxazole rings is 1. The van der Waals surface area contributed by atoms with Gasteiger partial charge in [0.15, 0.2) is 5.58 Å². The molecule has 0 saturated heterocycles. The molecule has 4 nitrogen and oxygen atoms in total. The Balaban J connectivity index is 1.71. The van der Waals surface area contributed by atoms with Crippen molar-refractivity contribution in [2.45, 2.75) is 39.0 Å². The maximum atomic E-state index is 5.74. The van der Waals surface area contributed by atoms with Crippen LogP contribution in [-0.4, -0.2) is 11.5 Å². The van der Waals surface area contributed by atoms with Gasteiger partial charge in [-0.25, -0.2) is 0 Å². The maximum Gasteiger partial charge on any atom is 0.295 e. The average Bonchev–Trinajstić information content (AvgIpc) is 2.79. The fraction of sp³-hybridized carbons (Fsp3) is 0.533. The van der Waals surface area contributed by atoms with Crippen LogP contribution in [0.5, 0.6) is 0 Å². The molecule has 0 amide bonds. The highest BCUT2D eigenvalue weighted by Crippen LogP contribution is 2.35. The summed E-state index contributed by atoms with van der Waals surface area (Å²) in [5.74, 6) is 0. The Morgan fingerprint density at radius 1 is 1.32 bits per heavy atom. The Hall–Kier alpha value is -1.71. The lowest BCUT2D eigenvalue weighted by Crippen LogP contribution is -2.28. The summed E-state index contributed by atoms with van der Waals surface area (Å²) in [7, 11) is 0. The van der Waals surface area contributed by atoms with Gasteiger partial charge < -0.3 is 15.5 Å². The van der Waals surface area contributed by atoms with Crippen molar-refractivity contribution in [3.8, 4) is 0 Å². The molecule has 1 heterocycles. The average molecular weight is 259 g/mol. The molecule has 0 spiro atoms. The third-order valence-electron chi connectivity index (χ3n) is 4.14. The second-order valence-corrected chi connectivity index (χ2v) is 5.97. The van der Waals surface area contributed by atoms with Crippen molar-refractivity contribution in [1.29, 1.82) is 0 Å². The molecule has 0 aliphatic heterocycles. The summed E-state index contributed by atoms with van der Waals surface area (Å²) in [6, 6.07) is 6.14. The Morgan fingerprint density at radius 2 is 2.11 bits per heavy atom. The Labute approximate surface area is 113 Å². The first-order valence-corrected chi connectivity index (χ1v) is 7.05. The van der Waals surface area contributed by atoms with Crippen molar-refractivity contribution >= 4 is 22.8 Å². The van der Waals surface area contributed by atoms with Gasteiger partial charge in [0.2, 0.25) is 0 Å². The first-order valence-electron chi connectivity index (χ1n) is 7.05. The number of nitrogen functional groups attached to an aromatic ring is 1. The van der Waals surface area contributed by atoms with Crippen molar-refractivity contribution in [1.82, 2.24) is 4.98 Å². The SMILES string of the molecule is CC1(CNc2nc3cc(N)ccc3o2)CCCCC1. The van der Waals surface area contributed by atoms with Crippen molar-refractivity contribution in [2.75, 3.05) is 17.6 Å². The lowest BCUT2D eigenvalue weighted by molar-refractivity contribution is 0.232. The molecule has 1 fully saturated rings. The largest absolute Gasteiger partial charge is 0.424 e. The third kappa shape index (κ3) is 2.67. The number of benzene rings is 1. The van der Waals surface area contributed by atoms with E-state index in [9.17, 15) is 0 Å². The molecule has 4 heteroatoms. The molecule has 1 aromatic heterocycles. The molecule has 102 valence electrons. The summed E-state index contributed by atoms with van der Waals surface area (Å²) in [5, 5.41) is 3.35. The number of anilines is 2. The van der Waals surface area contributed by atoms with Gasteiger partial charge >= 0.3 is 0 Å². The molecule has 19 heavy (non-hydrogen) atoms. The molecule has 1 aliphatic carbocycles. The number of hydrogen-bond donors (Lipinski definition) is 2. The maximum absolute atomic E-state index is 5.74. The molecule has 3 rings (SSSR count). The van der Waals surface area contributed by atoms with E-state index in [1.165, 1.54) is 32.1 Å². The van der Waals surface area contributed by atoms with Crippen LogP contribution in [0.3, 0.4) is 0 Å². The van der Waals surface area contributed by atoms with Crippen molar-refractivity contribution in [3.63, 3.8) is 0 Å². The highest BCUT2D eigenvalue weighted by Gasteiger charge is 2.26. The van der Waals surface area contributed by atoms with E-state index >= 15 is 0 Å². The Morgan fingerprint density at radius 3 is 2.89 bits per heavy atom. The smallest absolute Gasteiger partial charge is 0.295 e. The fourth-order valence-corrected chi connectivity index (χ4v) is 2.89. The molecule has 0 radical (unpaired) electrons. The molecule has 0 unspecified atom stereocenters. The van der Waals surface area contributed by atoms with Gasteiger partial charge in [-0.15, -0.1) is 0 Å². The molecular weight excluding hydrogens is 238 g/mol. The molecule has 0 atom stereocenters. The summed E-state index contributed by atoms with van der Waals surface area (Å²) in [6.45, 7) is 3.27. The van der Waals surface area contributed by atoms with E-state index < -0.39 is 0 Å². The zero-order valence-corrected chi connectivity index (χ0v) is 11.4. The summed E-state index contributed by atoms with van der Waals surface area (Å²) in [4.78, 5) is 4.43.